The van der Waals surface area contributed by atoms with Crippen LogP contribution in [-0.2, 0) is 5.41 Å². The normalized spacial score (nSPS) is 18.3. The van der Waals surface area contributed by atoms with Crippen molar-refractivity contribution in [3.8, 4) is 0 Å². The topological polar surface area (TPSA) is 0 Å². The monoisotopic (exact) mass is 618 g/mol. The lowest BCUT2D eigenvalue weighted by Crippen LogP contribution is -2.32. The molecular weight excluding hydrogens is 577 g/mol. The van der Waals surface area contributed by atoms with Crippen molar-refractivity contribution in [1.29, 1.82) is 0 Å². The van der Waals surface area contributed by atoms with E-state index in [2.05, 4.69) is 181 Å². The Hall–Kier alpha value is -5.20. The van der Waals surface area contributed by atoms with Gasteiger partial charge < -0.3 is 0 Å². The van der Waals surface area contributed by atoms with E-state index in [1.807, 2.05) is 0 Å². The van der Waals surface area contributed by atoms with E-state index in [0.717, 1.165) is 0 Å². The summed E-state index contributed by atoms with van der Waals surface area (Å²) in [5, 5.41) is 0. The molecule has 0 bridgehead atoms. The molecule has 2 aliphatic rings. The maximum Gasteiger partial charge on any atom is 0.0585 e. The van der Waals surface area contributed by atoms with E-state index in [4.69, 9.17) is 0 Å². The van der Waals surface area contributed by atoms with Gasteiger partial charge in [-0.25, -0.2) is 0 Å². The third-order valence-electron chi connectivity index (χ3n) is 10.5. The van der Waals surface area contributed by atoms with Gasteiger partial charge in [0.2, 0.25) is 0 Å². The minimum Gasteiger partial charge on any atom is -0.0617 e. The Labute approximate surface area is 286 Å². The molecule has 0 nitrogen and oxygen atoms in total. The van der Waals surface area contributed by atoms with Gasteiger partial charge >= 0.3 is 0 Å². The second-order valence-corrected chi connectivity index (χ2v) is 14.2. The summed E-state index contributed by atoms with van der Waals surface area (Å²) < 4.78 is 0. The lowest BCUT2D eigenvalue weighted by atomic mass is 9.61. The first-order chi connectivity index (χ1) is 23.3. The van der Waals surface area contributed by atoms with Crippen LogP contribution in [0.15, 0.2) is 140 Å². The molecular formula is C48H42. The van der Waals surface area contributed by atoms with Crippen molar-refractivity contribution in [1.82, 2.24) is 0 Å². The zero-order valence-corrected chi connectivity index (χ0v) is 28.9. The van der Waals surface area contributed by atoms with Crippen LogP contribution in [0.1, 0.15) is 78.2 Å². The van der Waals surface area contributed by atoms with Gasteiger partial charge in [0.25, 0.3) is 0 Å². The fourth-order valence-electron chi connectivity index (χ4n) is 8.75. The highest BCUT2D eigenvalue weighted by Crippen LogP contribution is 2.72. The molecule has 2 atom stereocenters. The number of allylic oxidation sites excluding steroid dienone is 4. The molecule has 0 saturated heterocycles. The molecule has 8 rings (SSSR count). The summed E-state index contributed by atoms with van der Waals surface area (Å²) in [6.07, 6.45) is 0. The summed E-state index contributed by atoms with van der Waals surface area (Å²) in [5.41, 5.74) is 22.0. The molecule has 0 saturated carbocycles. The van der Waals surface area contributed by atoms with E-state index < -0.39 is 5.41 Å². The molecule has 0 spiro atoms. The van der Waals surface area contributed by atoms with Gasteiger partial charge in [0, 0.05) is 5.92 Å². The summed E-state index contributed by atoms with van der Waals surface area (Å²) in [7, 11) is 0. The number of aryl methyl sites for hydroxylation is 6. The summed E-state index contributed by atoms with van der Waals surface area (Å²) in [6, 6.07) is 53.5. The third-order valence-corrected chi connectivity index (χ3v) is 10.5. The quantitative estimate of drug-likeness (QED) is 0.180. The SMILES string of the molecule is Cc1cccc(C2=C(c3cccc(C)c3)[C@@]3(c4cccc(C)c4)C(=C2c2cccc(C)c2)c2cc(C)ccc2[C@H]3c2cccc(C)c2)c1. The summed E-state index contributed by atoms with van der Waals surface area (Å²) >= 11 is 0. The first-order valence-corrected chi connectivity index (χ1v) is 17.2. The molecule has 0 aromatic heterocycles. The van der Waals surface area contributed by atoms with Crippen molar-refractivity contribution < 1.29 is 0 Å². The summed E-state index contributed by atoms with van der Waals surface area (Å²) in [5.74, 6) is 0.0717. The molecule has 2 aliphatic carbocycles. The minimum atomic E-state index is -0.484. The molecule has 0 heterocycles. The van der Waals surface area contributed by atoms with Gasteiger partial charge in [0.1, 0.15) is 0 Å². The van der Waals surface area contributed by atoms with Crippen molar-refractivity contribution in [3.63, 3.8) is 0 Å². The standard InChI is InChI=1S/C48H42/c1-30-12-7-17-36(24-30)43-44(37-18-8-13-31(2)25-37)47-42-29-35(6)22-23-41(42)45(38-19-9-14-32(3)26-38)48(47,40-21-11-16-34(5)28-40)46(43)39-20-10-15-33(4)27-39/h7-29,45H,1-6H3/t45-,48+/m1/s1. The smallest absolute Gasteiger partial charge is 0.0585 e. The van der Waals surface area contributed by atoms with Gasteiger partial charge in [-0.15, -0.1) is 0 Å². The highest BCUT2D eigenvalue weighted by atomic mass is 14.6. The Morgan fingerprint density at radius 3 is 1.46 bits per heavy atom. The second kappa shape index (κ2) is 11.5. The van der Waals surface area contributed by atoms with Crippen LogP contribution in [0.4, 0.5) is 0 Å². The van der Waals surface area contributed by atoms with Crippen molar-refractivity contribution in [2.75, 3.05) is 0 Å². The molecule has 234 valence electrons. The number of fused-ring (bicyclic) bond motifs is 3. The van der Waals surface area contributed by atoms with Crippen molar-refractivity contribution >= 4 is 22.3 Å². The van der Waals surface area contributed by atoms with E-state index in [9.17, 15) is 0 Å². The van der Waals surface area contributed by atoms with Crippen LogP contribution in [0.5, 0.6) is 0 Å². The Morgan fingerprint density at radius 2 is 0.875 bits per heavy atom. The average Bonchev–Trinajstić information content (AvgIpc) is 3.53. The molecule has 0 N–H and O–H groups in total. The van der Waals surface area contributed by atoms with Gasteiger partial charge in [-0.1, -0.05) is 173 Å². The molecule has 0 fully saturated rings. The van der Waals surface area contributed by atoms with E-state index in [1.54, 1.807) is 0 Å². The summed E-state index contributed by atoms with van der Waals surface area (Å²) in [6.45, 7) is 13.4. The van der Waals surface area contributed by atoms with E-state index in [0.29, 0.717) is 0 Å². The fourth-order valence-corrected chi connectivity index (χ4v) is 8.75. The fraction of sp³-hybridized carbons (Fsp3) is 0.167. The predicted octanol–water partition coefficient (Wildman–Crippen LogP) is 12.2. The first-order valence-electron chi connectivity index (χ1n) is 17.2. The van der Waals surface area contributed by atoms with Crippen LogP contribution in [-0.4, -0.2) is 0 Å². The lowest BCUT2D eigenvalue weighted by Gasteiger charge is -2.39. The van der Waals surface area contributed by atoms with E-state index in [-0.39, 0.29) is 5.92 Å². The largest absolute Gasteiger partial charge is 0.0617 e. The van der Waals surface area contributed by atoms with Crippen LogP contribution in [0, 0.1) is 41.5 Å². The van der Waals surface area contributed by atoms with Crippen molar-refractivity contribution in [2.45, 2.75) is 52.9 Å². The lowest BCUT2D eigenvalue weighted by molar-refractivity contribution is 0.645. The average molecular weight is 619 g/mol. The maximum atomic E-state index is 2.47. The zero-order valence-electron chi connectivity index (χ0n) is 28.9. The Morgan fingerprint density at radius 1 is 0.396 bits per heavy atom. The first kappa shape index (κ1) is 30.2. The number of hydrogen-bond acceptors (Lipinski definition) is 0. The van der Waals surface area contributed by atoms with Gasteiger partial charge in [0.15, 0.2) is 0 Å². The molecule has 0 amide bonds. The van der Waals surface area contributed by atoms with Crippen molar-refractivity contribution in [2.24, 2.45) is 0 Å². The highest BCUT2D eigenvalue weighted by Gasteiger charge is 2.59. The van der Waals surface area contributed by atoms with Crippen LogP contribution in [0.2, 0.25) is 0 Å². The summed E-state index contributed by atoms with van der Waals surface area (Å²) in [4.78, 5) is 0. The Bertz CT molecular complexity index is 2260. The number of benzene rings is 6. The molecule has 0 heteroatoms. The van der Waals surface area contributed by atoms with Gasteiger partial charge in [0.05, 0.1) is 5.41 Å². The molecule has 0 unspecified atom stereocenters. The van der Waals surface area contributed by atoms with Crippen LogP contribution < -0.4 is 0 Å². The molecule has 48 heavy (non-hydrogen) atoms. The minimum absolute atomic E-state index is 0.0717. The molecule has 6 aromatic rings. The molecule has 0 radical (unpaired) electrons. The van der Waals surface area contributed by atoms with Crippen molar-refractivity contribution in [3.05, 3.63) is 212 Å². The van der Waals surface area contributed by atoms with E-state index in [1.165, 1.54) is 94.6 Å². The highest BCUT2D eigenvalue weighted by molar-refractivity contribution is 6.33. The Kier molecular flexibility index (Phi) is 7.22. The zero-order chi connectivity index (χ0) is 33.2. The molecule has 6 aromatic carbocycles. The van der Waals surface area contributed by atoms with Crippen LogP contribution >= 0.6 is 0 Å². The van der Waals surface area contributed by atoms with Gasteiger partial charge in [-0.3, -0.25) is 0 Å². The van der Waals surface area contributed by atoms with E-state index >= 15 is 0 Å². The number of rotatable bonds is 5. The van der Waals surface area contributed by atoms with Gasteiger partial charge in [-0.2, -0.15) is 0 Å². The third kappa shape index (κ3) is 4.66. The Balaban J connectivity index is 1.68. The van der Waals surface area contributed by atoms with Crippen LogP contribution in [0.25, 0.3) is 22.3 Å². The second-order valence-electron chi connectivity index (χ2n) is 14.2. The van der Waals surface area contributed by atoms with Crippen LogP contribution in [0.3, 0.4) is 0 Å². The van der Waals surface area contributed by atoms with Gasteiger partial charge in [-0.05, 0) is 103 Å². The molecule has 0 aliphatic heterocycles. The maximum absolute atomic E-state index is 2.47. The number of hydrogen-bond donors (Lipinski definition) is 0. The predicted molar refractivity (Wildman–Crippen MR) is 204 cm³/mol.